The number of nitrogens with two attached hydrogens (primary N) is 1. The van der Waals surface area contributed by atoms with E-state index in [0.717, 1.165) is 48.3 Å². The van der Waals surface area contributed by atoms with Gasteiger partial charge < -0.3 is 30.8 Å². The lowest BCUT2D eigenvalue weighted by molar-refractivity contribution is -0.132. The Morgan fingerprint density at radius 1 is 0.975 bits per heavy atom. The van der Waals surface area contributed by atoms with Gasteiger partial charge in [0.2, 0.25) is 12.3 Å². The van der Waals surface area contributed by atoms with Crippen molar-refractivity contribution < 1.29 is 9.59 Å². The summed E-state index contributed by atoms with van der Waals surface area (Å²) in [6.45, 7) is 3.30. The monoisotopic (exact) mass is 537 g/mol. The first-order chi connectivity index (χ1) is 19.4. The topological polar surface area (TPSA) is 140 Å². The Morgan fingerprint density at radius 2 is 1.70 bits per heavy atom. The lowest BCUT2D eigenvalue weighted by Crippen LogP contribution is -2.47. The molecule has 40 heavy (non-hydrogen) atoms. The maximum Gasteiger partial charge on any atom is 0.276 e. The second-order valence-corrected chi connectivity index (χ2v) is 9.71. The van der Waals surface area contributed by atoms with Gasteiger partial charge in [0.25, 0.3) is 5.56 Å². The number of carbonyl (C=O) groups is 2. The number of carbonyl (C=O) groups excluding carboxylic acids is 2. The van der Waals surface area contributed by atoms with E-state index in [-0.39, 0.29) is 17.2 Å². The van der Waals surface area contributed by atoms with E-state index in [0.29, 0.717) is 35.2 Å². The van der Waals surface area contributed by atoms with Crippen LogP contribution in [0.25, 0.3) is 33.3 Å². The highest BCUT2D eigenvalue weighted by Gasteiger charge is 2.20. The van der Waals surface area contributed by atoms with Gasteiger partial charge in [0, 0.05) is 42.8 Å². The van der Waals surface area contributed by atoms with Crippen LogP contribution in [0.5, 0.6) is 0 Å². The molecule has 3 aromatic carbocycles. The Hall–Kier alpha value is -4.96. The fourth-order valence-corrected chi connectivity index (χ4v) is 4.70. The molecule has 0 radical (unpaired) electrons. The molecule has 1 aliphatic heterocycles. The predicted molar refractivity (Wildman–Crippen MR) is 158 cm³/mol. The average molecular weight is 538 g/mol. The van der Waals surface area contributed by atoms with Gasteiger partial charge in [0.05, 0.1) is 28.8 Å². The molecule has 0 unspecified atom stereocenters. The van der Waals surface area contributed by atoms with Gasteiger partial charge in [-0.25, -0.2) is 4.98 Å². The zero-order chi connectivity index (χ0) is 28.1. The van der Waals surface area contributed by atoms with Crippen LogP contribution in [0, 0.1) is 0 Å². The third-order valence-electron chi connectivity index (χ3n) is 6.95. The molecule has 204 valence electrons. The number of hydrogen-bond donors (Lipinski definition) is 4. The number of hydrogen-bond acceptors (Lipinski definition) is 6. The Labute approximate surface area is 230 Å². The Balaban J connectivity index is 0.000000306. The zero-order valence-corrected chi connectivity index (χ0v) is 22.2. The summed E-state index contributed by atoms with van der Waals surface area (Å²) >= 11 is 0. The maximum absolute atomic E-state index is 12.7. The van der Waals surface area contributed by atoms with Crippen molar-refractivity contribution in [2.75, 3.05) is 44.3 Å². The van der Waals surface area contributed by atoms with Crippen molar-refractivity contribution in [3.63, 3.8) is 0 Å². The number of aromatic amines is 2. The highest BCUT2D eigenvalue weighted by molar-refractivity contribution is 6.00. The fraction of sp³-hybridized carbons (Fsp3) is 0.200. The van der Waals surface area contributed by atoms with Crippen molar-refractivity contribution in [2.45, 2.75) is 6.42 Å². The fourth-order valence-electron chi connectivity index (χ4n) is 4.70. The van der Waals surface area contributed by atoms with Crippen LogP contribution in [0.2, 0.25) is 0 Å². The number of anilines is 2. The third-order valence-corrected chi connectivity index (χ3v) is 6.95. The first kappa shape index (κ1) is 26.6. The molecular formula is C30H31N7O3. The first-order valence-electron chi connectivity index (χ1n) is 13.0. The van der Waals surface area contributed by atoms with Crippen LogP contribution in [0.3, 0.4) is 0 Å². The average Bonchev–Trinajstić information content (AvgIpc) is 3.29. The minimum Gasteiger partial charge on any atom is -0.396 e. The van der Waals surface area contributed by atoms with Gasteiger partial charge in [-0.1, -0.05) is 36.4 Å². The van der Waals surface area contributed by atoms with Gasteiger partial charge in [-0.05, 0) is 49.0 Å². The van der Waals surface area contributed by atoms with Crippen LogP contribution in [0.4, 0.5) is 11.4 Å². The Morgan fingerprint density at radius 3 is 2.45 bits per heavy atom. The van der Waals surface area contributed by atoms with Crippen LogP contribution in [-0.2, 0) is 16.0 Å². The number of piperazine rings is 1. The van der Waals surface area contributed by atoms with Crippen LogP contribution < -0.4 is 16.6 Å². The smallest absolute Gasteiger partial charge is 0.276 e. The SMILES string of the molecule is CN1CCN(C(=O)Cc2ccc3[nH]c(-c4nc5ccccc5[nH]c4=O)c(N)c3c2)CC1.O=CNc1ccccc1. The molecule has 6 rings (SSSR count). The molecule has 0 aliphatic carbocycles. The maximum atomic E-state index is 12.7. The molecule has 3 heterocycles. The molecule has 5 aromatic rings. The van der Waals surface area contributed by atoms with E-state index >= 15 is 0 Å². The molecule has 10 nitrogen and oxygen atoms in total. The van der Waals surface area contributed by atoms with Gasteiger partial charge in [0.1, 0.15) is 0 Å². The number of aromatic nitrogens is 3. The van der Waals surface area contributed by atoms with E-state index in [1.54, 1.807) is 0 Å². The van der Waals surface area contributed by atoms with Gasteiger partial charge in [-0.3, -0.25) is 14.4 Å². The molecule has 2 amide bonds. The lowest BCUT2D eigenvalue weighted by atomic mass is 10.1. The van der Waals surface area contributed by atoms with Crippen molar-refractivity contribution in [3.8, 4) is 11.4 Å². The van der Waals surface area contributed by atoms with Crippen molar-refractivity contribution in [1.82, 2.24) is 24.8 Å². The van der Waals surface area contributed by atoms with Gasteiger partial charge >= 0.3 is 0 Å². The van der Waals surface area contributed by atoms with Crippen molar-refractivity contribution in [3.05, 3.63) is 88.7 Å². The minimum absolute atomic E-state index is 0.120. The van der Waals surface area contributed by atoms with E-state index in [9.17, 15) is 14.4 Å². The molecule has 1 fully saturated rings. The standard InChI is InChI=1S/C23H24N6O2.C7H7NO/c1-28-8-10-29(11-9-28)19(30)13-14-6-7-16-15(12-14)20(24)21(25-16)22-23(31)27-18-5-3-2-4-17(18)26-22;9-6-8-7-4-2-1-3-5-7/h2-7,12,25H,8-11,13,24H2,1H3,(H,27,31);1-6H,(H,8,9). The summed E-state index contributed by atoms with van der Waals surface area (Å²) in [5.41, 5.74) is 11.2. The van der Waals surface area contributed by atoms with Gasteiger partial charge in [-0.2, -0.15) is 0 Å². The number of para-hydroxylation sites is 3. The molecular weight excluding hydrogens is 506 g/mol. The summed E-state index contributed by atoms with van der Waals surface area (Å²) in [5.74, 6) is 0.120. The van der Waals surface area contributed by atoms with Crippen LogP contribution in [-0.4, -0.2) is 70.3 Å². The van der Waals surface area contributed by atoms with E-state index in [4.69, 9.17) is 5.73 Å². The largest absolute Gasteiger partial charge is 0.396 e. The molecule has 2 aromatic heterocycles. The highest BCUT2D eigenvalue weighted by Crippen LogP contribution is 2.31. The number of H-pyrrole nitrogens is 2. The second kappa shape index (κ2) is 11.8. The molecule has 5 N–H and O–H groups in total. The molecule has 0 bridgehead atoms. The molecule has 10 heteroatoms. The van der Waals surface area contributed by atoms with Gasteiger partial charge in [0.15, 0.2) is 5.69 Å². The Kier molecular flexibility index (Phi) is 7.88. The van der Waals surface area contributed by atoms with E-state index < -0.39 is 0 Å². The number of rotatable bonds is 5. The molecule has 1 aliphatic rings. The predicted octanol–water partition coefficient (Wildman–Crippen LogP) is 3.23. The van der Waals surface area contributed by atoms with Crippen LogP contribution >= 0.6 is 0 Å². The number of nitrogens with one attached hydrogen (secondary N) is 3. The lowest BCUT2D eigenvalue weighted by Gasteiger charge is -2.32. The number of nitrogen functional groups attached to an aromatic ring is 1. The van der Waals surface area contributed by atoms with Crippen molar-refractivity contribution in [2.24, 2.45) is 0 Å². The summed E-state index contributed by atoms with van der Waals surface area (Å²) in [6, 6.07) is 22.4. The molecule has 0 atom stereocenters. The van der Waals surface area contributed by atoms with Crippen molar-refractivity contribution >= 4 is 45.6 Å². The van der Waals surface area contributed by atoms with Crippen LogP contribution in [0.15, 0.2) is 77.6 Å². The van der Waals surface area contributed by atoms with Crippen LogP contribution in [0.1, 0.15) is 5.56 Å². The molecule has 0 saturated carbocycles. The second-order valence-electron chi connectivity index (χ2n) is 9.71. The van der Waals surface area contributed by atoms with Crippen molar-refractivity contribution in [1.29, 1.82) is 0 Å². The number of amides is 2. The van der Waals surface area contributed by atoms with E-state index in [2.05, 4.69) is 32.2 Å². The number of likely N-dealkylation sites (N-methyl/N-ethyl adjacent to an activating group) is 1. The molecule has 0 spiro atoms. The van der Waals surface area contributed by atoms with Gasteiger partial charge in [-0.15, -0.1) is 0 Å². The zero-order valence-electron chi connectivity index (χ0n) is 22.2. The summed E-state index contributed by atoms with van der Waals surface area (Å²) in [7, 11) is 2.07. The minimum atomic E-state index is -0.303. The quantitative estimate of drug-likeness (QED) is 0.254. The van der Waals surface area contributed by atoms with E-state index in [1.807, 2.05) is 77.7 Å². The summed E-state index contributed by atoms with van der Waals surface area (Å²) in [4.78, 5) is 49.9. The first-order valence-corrected chi connectivity index (χ1v) is 13.0. The number of nitrogens with zero attached hydrogens (tertiary/aromatic N) is 3. The normalized spacial score (nSPS) is 13.6. The number of fused-ring (bicyclic) bond motifs is 2. The summed E-state index contributed by atoms with van der Waals surface area (Å²) < 4.78 is 0. The van der Waals surface area contributed by atoms with E-state index in [1.165, 1.54) is 0 Å². The third kappa shape index (κ3) is 5.87. The molecule has 1 saturated heterocycles. The number of benzene rings is 3. The summed E-state index contributed by atoms with van der Waals surface area (Å²) in [5, 5.41) is 3.31. The highest BCUT2D eigenvalue weighted by atomic mass is 16.2. The Bertz CT molecular complexity index is 1700. The summed E-state index contributed by atoms with van der Waals surface area (Å²) in [6.07, 6.45) is 0.990.